The SMILES string of the molecule is CC/C=C\C/C=C\C/C=C\C/C=C\C/C=C\CCCCCCCCCCCCCC(=O)OCC(COC(=O)CCCCCCC/C=C\C/C=C\CCC)OC(=O)CCCCCCCC/C=C\C/C=C\C/C=C\CCCCC. The number of hydrogen-bond acceptors (Lipinski definition) is 6. The minimum absolute atomic E-state index is 0.0913. The van der Waals surface area contributed by atoms with Crippen molar-refractivity contribution in [3.63, 3.8) is 0 Å². The molecule has 1 unspecified atom stereocenters. The number of allylic oxidation sites excluding steroid dienone is 20. The van der Waals surface area contributed by atoms with Crippen molar-refractivity contribution in [3.05, 3.63) is 122 Å². The van der Waals surface area contributed by atoms with E-state index >= 15 is 0 Å². The molecule has 6 nitrogen and oxygen atoms in total. The van der Waals surface area contributed by atoms with Gasteiger partial charge in [0.05, 0.1) is 0 Å². The molecular formula is C71H118O6. The fourth-order valence-electron chi connectivity index (χ4n) is 8.63. The molecule has 0 aliphatic carbocycles. The summed E-state index contributed by atoms with van der Waals surface area (Å²) in [6, 6.07) is 0. The lowest BCUT2D eigenvalue weighted by atomic mass is 10.0. The Morgan fingerprint density at radius 2 is 0.532 bits per heavy atom. The molecule has 0 rings (SSSR count). The molecule has 0 aromatic carbocycles. The Morgan fingerprint density at radius 3 is 0.844 bits per heavy atom. The van der Waals surface area contributed by atoms with Gasteiger partial charge >= 0.3 is 17.9 Å². The zero-order chi connectivity index (χ0) is 55.7. The maximum Gasteiger partial charge on any atom is 0.306 e. The molecule has 0 aliphatic heterocycles. The predicted octanol–water partition coefficient (Wildman–Crippen LogP) is 22.0. The zero-order valence-corrected chi connectivity index (χ0v) is 50.2. The van der Waals surface area contributed by atoms with E-state index in [1.54, 1.807) is 0 Å². The average Bonchev–Trinajstić information content (AvgIpc) is 3.43. The second-order valence-corrected chi connectivity index (χ2v) is 20.9. The Hall–Kier alpha value is -4.19. The average molecular weight is 1070 g/mol. The molecule has 0 bridgehead atoms. The largest absolute Gasteiger partial charge is 0.462 e. The van der Waals surface area contributed by atoms with Crippen LogP contribution in [-0.4, -0.2) is 37.2 Å². The highest BCUT2D eigenvalue weighted by Gasteiger charge is 2.19. The standard InChI is InChI=1S/C71H118O6/c1-4-7-10-13-16-19-22-25-27-29-31-32-33-34-35-36-37-38-40-41-43-46-49-52-55-58-61-64-70(73)76-67-68(66-75-69(72)63-60-57-54-51-48-45-24-21-18-15-12-9-6-3)77-71(74)65-62-59-56-53-50-47-44-42-39-30-28-26-23-20-17-14-11-8-5-2/h7,10,12,15-17,19-21,24-28,31-32,34-35,39,42,68H,4-6,8-9,11,13-14,18,22-23,29-30,33,36-38,40-41,43-67H2,1-3H3/b10-7-,15-12-,19-16-,20-17-,24-21-,27-25-,28-26-,32-31-,35-34-,42-39-. The van der Waals surface area contributed by atoms with Crippen LogP contribution >= 0.6 is 0 Å². The number of ether oxygens (including phenoxy) is 3. The van der Waals surface area contributed by atoms with Gasteiger partial charge in [-0.3, -0.25) is 14.4 Å². The summed E-state index contributed by atoms with van der Waals surface area (Å²) in [5.41, 5.74) is 0. The van der Waals surface area contributed by atoms with E-state index in [0.29, 0.717) is 19.3 Å². The second-order valence-electron chi connectivity index (χ2n) is 20.9. The summed E-state index contributed by atoms with van der Waals surface area (Å²) in [6.45, 7) is 6.42. The Kier molecular flexibility index (Phi) is 60.8. The molecule has 77 heavy (non-hydrogen) atoms. The highest BCUT2D eigenvalue weighted by molar-refractivity contribution is 5.71. The summed E-state index contributed by atoms with van der Waals surface area (Å²) in [4.78, 5) is 38.3. The number of unbranched alkanes of at least 4 members (excludes halogenated alkanes) is 26. The summed E-state index contributed by atoms with van der Waals surface area (Å²) in [5, 5.41) is 0. The van der Waals surface area contributed by atoms with E-state index in [1.165, 1.54) is 103 Å². The topological polar surface area (TPSA) is 78.9 Å². The zero-order valence-electron chi connectivity index (χ0n) is 50.2. The minimum atomic E-state index is -0.796. The van der Waals surface area contributed by atoms with Crippen molar-refractivity contribution in [1.82, 2.24) is 0 Å². The van der Waals surface area contributed by atoms with Gasteiger partial charge in [0.25, 0.3) is 0 Å². The fourth-order valence-corrected chi connectivity index (χ4v) is 8.63. The van der Waals surface area contributed by atoms with Crippen LogP contribution in [0.15, 0.2) is 122 Å². The Morgan fingerprint density at radius 1 is 0.273 bits per heavy atom. The molecule has 0 saturated carbocycles. The van der Waals surface area contributed by atoms with Crippen LogP contribution in [0.1, 0.15) is 290 Å². The molecule has 0 aromatic rings. The molecule has 0 N–H and O–H groups in total. The van der Waals surface area contributed by atoms with Gasteiger partial charge in [0.2, 0.25) is 0 Å². The highest BCUT2D eigenvalue weighted by atomic mass is 16.6. The van der Waals surface area contributed by atoms with Gasteiger partial charge in [-0.15, -0.1) is 0 Å². The first-order chi connectivity index (χ1) is 38.0. The van der Waals surface area contributed by atoms with E-state index in [2.05, 4.69) is 142 Å². The van der Waals surface area contributed by atoms with Crippen molar-refractivity contribution in [2.45, 2.75) is 297 Å². The van der Waals surface area contributed by atoms with Crippen molar-refractivity contribution in [3.8, 4) is 0 Å². The van der Waals surface area contributed by atoms with Gasteiger partial charge in [0.15, 0.2) is 6.10 Å². The molecule has 0 radical (unpaired) electrons. The van der Waals surface area contributed by atoms with E-state index in [9.17, 15) is 14.4 Å². The molecule has 438 valence electrons. The first-order valence-electron chi connectivity index (χ1n) is 32.0. The van der Waals surface area contributed by atoms with Gasteiger partial charge < -0.3 is 14.2 Å². The van der Waals surface area contributed by atoms with Gasteiger partial charge in [0.1, 0.15) is 13.2 Å². The lowest BCUT2D eigenvalue weighted by molar-refractivity contribution is -0.167. The monoisotopic (exact) mass is 1070 g/mol. The van der Waals surface area contributed by atoms with Crippen molar-refractivity contribution < 1.29 is 28.6 Å². The van der Waals surface area contributed by atoms with Crippen LogP contribution in [-0.2, 0) is 28.6 Å². The van der Waals surface area contributed by atoms with Crippen LogP contribution in [0.3, 0.4) is 0 Å². The first-order valence-corrected chi connectivity index (χ1v) is 32.0. The van der Waals surface area contributed by atoms with Gasteiger partial charge in [-0.25, -0.2) is 0 Å². The molecule has 0 heterocycles. The molecular weight excluding hydrogens is 949 g/mol. The fraction of sp³-hybridized carbons (Fsp3) is 0.676. The third-order valence-electron chi connectivity index (χ3n) is 13.4. The van der Waals surface area contributed by atoms with Crippen molar-refractivity contribution >= 4 is 17.9 Å². The number of rotatable bonds is 57. The molecule has 1 atom stereocenters. The number of esters is 3. The number of carbonyl (C=O) groups is 3. The summed E-state index contributed by atoms with van der Waals surface area (Å²) in [7, 11) is 0. The molecule has 0 amide bonds. The van der Waals surface area contributed by atoms with Crippen LogP contribution in [0.4, 0.5) is 0 Å². The summed E-state index contributed by atoms with van der Waals surface area (Å²) >= 11 is 0. The van der Waals surface area contributed by atoms with Crippen LogP contribution in [0.5, 0.6) is 0 Å². The predicted molar refractivity (Wildman–Crippen MR) is 334 cm³/mol. The Labute approximate surface area is 475 Å². The second kappa shape index (κ2) is 64.3. The number of hydrogen-bond donors (Lipinski definition) is 0. The minimum Gasteiger partial charge on any atom is -0.462 e. The van der Waals surface area contributed by atoms with Crippen LogP contribution < -0.4 is 0 Å². The molecule has 0 aromatic heterocycles. The van der Waals surface area contributed by atoms with Gasteiger partial charge in [0, 0.05) is 19.3 Å². The third-order valence-corrected chi connectivity index (χ3v) is 13.4. The third kappa shape index (κ3) is 62.5. The molecule has 6 heteroatoms. The van der Waals surface area contributed by atoms with Crippen LogP contribution in [0, 0.1) is 0 Å². The maximum atomic E-state index is 12.9. The maximum absolute atomic E-state index is 12.9. The summed E-state index contributed by atoms with van der Waals surface area (Å²) < 4.78 is 16.9. The van der Waals surface area contributed by atoms with Crippen molar-refractivity contribution in [2.75, 3.05) is 13.2 Å². The van der Waals surface area contributed by atoms with Crippen LogP contribution in [0.2, 0.25) is 0 Å². The van der Waals surface area contributed by atoms with E-state index in [4.69, 9.17) is 14.2 Å². The van der Waals surface area contributed by atoms with Crippen LogP contribution in [0.25, 0.3) is 0 Å². The summed E-state index contributed by atoms with van der Waals surface area (Å²) in [5.74, 6) is -0.917. The van der Waals surface area contributed by atoms with Gasteiger partial charge in [-0.1, -0.05) is 264 Å². The van der Waals surface area contributed by atoms with E-state index < -0.39 is 6.10 Å². The van der Waals surface area contributed by atoms with E-state index in [1.807, 2.05) is 0 Å². The molecule has 0 aliphatic rings. The van der Waals surface area contributed by atoms with Crippen molar-refractivity contribution in [1.29, 1.82) is 0 Å². The van der Waals surface area contributed by atoms with Crippen molar-refractivity contribution in [2.24, 2.45) is 0 Å². The normalized spacial score (nSPS) is 12.9. The molecule has 0 fully saturated rings. The molecule has 0 spiro atoms. The van der Waals surface area contributed by atoms with E-state index in [0.717, 1.165) is 148 Å². The first kappa shape index (κ1) is 72.8. The highest BCUT2D eigenvalue weighted by Crippen LogP contribution is 2.15. The smallest absolute Gasteiger partial charge is 0.306 e. The molecule has 0 saturated heterocycles. The lowest BCUT2D eigenvalue weighted by Crippen LogP contribution is -2.30. The van der Waals surface area contributed by atoms with Gasteiger partial charge in [-0.05, 0) is 128 Å². The Bertz CT molecular complexity index is 1600. The quantitative estimate of drug-likeness (QED) is 0.0261. The number of carbonyl (C=O) groups excluding carboxylic acids is 3. The van der Waals surface area contributed by atoms with Gasteiger partial charge in [-0.2, -0.15) is 0 Å². The summed E-state index contributed by atoms with van der Waals surface area (Å²) in [6.07, 6.45) is 89.1. The Balaban J connectivity index is 4.34. The lowest BCUT2D eigenvalue weighted by Gasteiger charge is -2.18. The van der Waals surface area contributed by atoms with E-state index in [-0.39, 0.29) is 31.1 Å².